The molecule has 1 N–H and O–H groups in total. The molecule has 0 saturated heterocycles. The molecule has 1 aliphatic rings. The maximum absolute atomic E-state index is 12.9. The Morgan fingerprint density at radius 2 is 2.03 bits per heavy atom. The summed E-state index contributed by atoms with van der Waals surface area (Å²) >= 11 is 0. The number of amides is 1. The van der Waals surface area contributed by atoms with Gasteiger partial charge in [-0.05, 0) is 23.5 Å². The lowest BCUT2D eigenvalue weighted by Crippen LogP contribution is -3.05. The van der Waals surface area contributed by atoms with Gasteiger partial charge in [0.05, 0.1) is 37.9 Å². The number of nitro benzene ring substituents is 1. The van der Waals surface area contributed by atoms with Crippen LogP contribution >= 0.6 is 0 Å². The minimum atomic E-state index is -0.996. The van der Waals surface area contributed by atoms with Crippen LogP contribution < -0.4 is 10.0 Å². The minimum absolute atomic E-state index is 0.0591. The van der Waals surface area contributed by atoms with E-state index >= 15 is 0 Å². The van der Waals surface area contributed by atoms with Gasteiger partial charge >= 0.3 is 0 Å². The molecule has 0 radical (unpaired) electrons. The maximum Gasteiger partial charge on any atom is 0.269 e. The summed E-state index contributed by atoms with van der Waals surface area (Å²) in [4.78, 5) is 38.8. The summed E-state index contributed by atoms with van der Waals surface area (Å²) in [7, 11) is 3.93. The summed E-state index contributed by atoms with van der Waals surface area (Å²) in [5, 5.41) is 23.9. The van der Waals surface area contributed by atoms with E-state index in [-0.39, 0.29) is 23.6 Å². The highest BCUT2D eigenvalue weighted by molar-refractivity contribution is 6.14. The van der Waals surface area contributed by atoms with E-state index < -0.39 is 28.4 Å². The number of Topliss-reactive ketones (excluding diaryl/α,β-unsaturated/α-hetero) is 1. The lowest BCUT2D eigenvalue weighted by molar-refractivity contribution is -0.858. The molecule has 0 aliphatic carbocycles. The fourth-order valence-corrected chi connectivity index (χ4v) is 3.40. The van der Waals surface area contributed by atoms with Gasteiger partial charge in [0.15, 0.2) is 5.76 Å². The van der Waals surface area contributed by atoms with Crippen LogP contribution in [0.5, 0.6) is 0 Å². The van der Waals surface area contributed by atoms with Crippen LogP contribution in [0.3, 0.4) is 0 Å². The Labute approximate surface area is 167 Å². The average molecular weight is 399 g/mol. The van der Waals surface area contributed by atoms with Gasteiger partial charge in [0.25, 0.3) is 5.69 Å². The summed E-state index contributed by atoms with van der Waals surface area (Å²) < 4.78 is 5.12. The third-order valence-electron chi connectivity index (χ3n) is 4.75. The first kappa shape index (κ1) is 20.3. The van der Waals surface area contributed by atoms with Crippen molar-refractivity contribution < 1.29 is 28.9 Å². The van der Waals surface area contributed by atoms with E-state index in [0.717, 1.165) is 6.54 Å². The number of ketones is 1. The minimum Gasteiger partial charge on any atom is -0.868 e. The molecule has 9 nitrogen and oxygen atoms in total. The van der Waals surface area contributed by atoms with Crippen molar-refractivity contribution in [3.05, 3.63) is 75.4 Å². The number of carbonyl (C=O) groups excluding carboxylic acids is 2. The number of quaternary nitrogens is 1. The fourth-order valence-electron chi connectivity index (χ4n) is 3.40. The van der Waals surface area contributed by atoms with Crippen molar-refractivity contribution in [3.63, 3.8) is 0 Å². The lowest BCUT2D eigenvalue weighted by Gasteiger charge is -2.27. The van der Waals surface area contributed by atoms with Gasteiger partial charge in [-0.15, -0.1) is 0 Å². The molecule has 3 rings (SSSR count). The Bertz CT molecular complexity index is 964. The third-order valence-corrected chi connectivity index (χ3v) is 4.75. The Morgan fingerprint density at radius 1 is 1.28 bits per heavy atom. The average Bonchev–Trinajstić information content (AvgIpc) is 3.30. The standard InChI is InChI=1S/C20H21N3O6/c1-21(2)9-5-10-22-17(13-6-3-7-14(12-13)23(27)28)16(19(25)20(22)26)18(24)15-8-4-11-29-15/h3-4,6-8,11-12,17,25H,5,9-10H2,1-2H3. The molecule has 0 spiro atoms. The van der Waals surface area contributed by atoms with E-state index in [1.54, 1.807) is 6.07 Å². The van der Waals surface area contributed by atoms with E-state index in [2.05, 4.69) is 0 Å². The third kappa shape index (κ3) is 4.04. The second-order valence-electron chi connectivity index (χ2n) is 7.11. The highest BCUT2D eigenvalue weighted by Crippen LogP contribution is 2.39. The highest BCUT2D eigenvalue weighted by Gasteiger charge is 2.40. The second kappa shape index (κ2) is 8.27. The largest absolute Gasteiger partial charge is 0.868 e. The molecule has 1 aliphatic heterocycles. The molecule has 9 heteroatoms. The molecule has 1 unspecified atom stereocenters. The Balaban J connectivity index is 2.04. The Kier molecular flexibility index (Phi) is 5.79. The summed E-state index contributed by atoms with van der Waals surface area (Å²) in [5.41, 5.74) is -0.0927. The van der Waals surface area contributed by atoms with Crippen molar-refractivity contribution in [1.82, 2.24) is 4.90 Å². The molecule has 29 heavy (non-hydrogen) atoms. The topological polar surface area (TPSA) is 121 Å². The van der Waals surface area contributed by atoms with Crippen molar-refractivity contribution in [2.24, 2.45) is 0 Å². The number of benzene rings is 1. The molecule has 152 valence electrons. The number of non-ortho nitro benzene ring substituents is 1. The SMILES string of the molecule is C[NH+](C)CCCN1C(=O)C([O-])=C(C(=O)c2ccco2)C1c1cccc([N+](=O)[O-])c1. The van der Waals surface area contributed by atoms with E-state index in [4.69, 9.17) is 4.42 Å². The number of nitrogens with zero attached hydrogens (tertiary/aromatic N) is 2. The number of furan rings is 1. The number of hydrogen-bond donors (Lipinski definition) is 1. The highest BCUT2D eigenvalue weighted by atomic mass is 16.6. The Hall–Kier alpha value is -3.46. The first-order chi connectivity index (χ1) is 13.8. The summed E-state index contributed by atoms with van der Waals surface area (Å²) in [6.07, 6.45) is 1.91. The number of nitro groups is 1. The zero-order valence-electron chi connectivity index (χ0n) is 16.1. The summed E-state index contributed by atoms with van der Waals surface area (Å²) in [6, 6.07) is 7.57. The van der Waals surface area contributed by atoms with Crippen molar-refractivity contribution in [2.45, 2.75) is 12.5 Å². The van der Waals surface area contributed by atoms with Gasteiger partial charge in [-0.3, -0.25) is 19.7 Å². The molecule has 1 aromatic heterocycles. The quantitative estimate of drug-likeness (QED) is 0.382. The van der Waals surface area contributed by atoms with Gasteiger partial charge in [0.2, 0.25) is 11.7 Å². The van der Waals surface area contributed by atoms with E-state index in [0.29, 0.717) is 12.0 Å². The monoisotopic (exact) mass is 399 g/mol. The van der Waals surface area contributed by atoms with Crippen LogP contribution in [0.15, 0.2) is 58.4 Å². The van der Waals surface area contributed by atoms with Crippen molar-refractivity contribution in [1.29, 1.82) is 0 Å². The molecular formula is C20H21N3O6. The summed E-state index contributed by atoms with van der Waals surface area (Å²) in [5.74, 6) is -2.44. The van der Waals surface area contributed by atoms with Crippen molar-refractivity contribution in [2.75, 3.05) is 27.2 Å². The predicted octanol–water partition coefficient (Wildman–Crippen LogP) is 0.103. The molecular weight excluding hydrogens is 378 g/mol. The van der Waals surface area contributed by atoms with E-state index in [9.17, 15) is 24.8 Å². The molecule has 1 amide bonds. The van der Waals surface area contributed by atoms with Crippen LogP contribution in [0.4, 0.5) is 5.69 Å². The lowest BCUT2D eigenvalue weighted by atomic mass is 9.94. The zero-order valence-corrected chi connectivity index (χ0v) is 16.1. The molecule has 0 fully saturated rings. The van der Waals surface area contributed by atoms with Crippen LogP contribution in [0.2, 0.25) is 0 Å². The number of hydrogen-bond acceptors (Lipinski definition) is 6. The van der Waals surface area contributed by atoms with Crippen molar-refractivity contribution in [3.8, 4) is 0 Å². The van der Waals surface area contributed by atoms with Gasteiger partial charge < -0.3 is 19.3 Å². The molecule has 2 aromatic rings. The van der Waals surface area contributed by atoms with Crippen molar-refractivity contribution >= 4 is 17.4 Å². The zero-order chi connectivity index (χ0) is 21.1. The number of nitrogens with one attached hydrogen (secondary N) is 1. The van der Waals surface area contributed by atoms with Gasteiger partial charge in [0.1, 0.15) is 0 Å². The number of carbonyl (C=O) groups is 2. The second-order valence-corrected chi connectivity index (χ2v) is 7.11. The van der Waals surface area contributed by atoms with E-state index in [1.165, 1.54) is 46.4 Å². The molecule has 0 bridgehead atoms. The van der Waals surface area contributed by atoms with Crippen LogP contribution in [0, 0.1) is 10.1 Å². The van der Waals surface area contributed by atoms with Crippen LogP contribution in [-0.2, 0) is 4.79 Å². The summed E-state index contributed by atoms with van der Waals surface area (Å²) in [6.45, 7) is 0.999. The normalized spacial score (nSPS) is 16.7. The van der Waals surface area contributed by atoms with Gasteiger partial charge in [-0.25, -0.2) is 0 Å². The number of rotatable bonds is 8. The molecule has 1 aromatic carbocycles. The fraction of sp³-hybridized carbons (Fsp3) is 0.300. The Morgan fingerprint density at radius 3 is 2.66 bits per heavy atom. The maximum atomic E-state index is 12.9. The van der Waals surface area contributed by atoms with Crippen LogP contribution in [0.25, 0.3) is 0 Å². The van der Waals surface area contributed by atoms with Crippen LogP contribution in [-0.4, -0.2) is 48.7 Å². The smallest absolute Gasteiger partial charge is 0.269 e. The molecule has 2 heterocycles. The molecule has 0 saturated carbocycles. The first-order valence-corrected chi connectivity index (χ1v) is 9.15. The van der Waals surface area contributed by atoms with E-state index in [1.807, 2.05) is 14.1 Å². The van der Waals surface area contributed by atoms with Gasteiger partial charge in [-0.2, -0.15) is 0 Å². The van der Waals surface area contributed by atoms with Crippen LogP contribution in [0.1, 0.15) is 28.6 Å². The predicted molar refractivity (Wildman–Crippen MR) is 99.9 cm³/mol. The molecule has 1 atom stereocenters. The van der Waals surface area contributed by atoms with Gasteiger partial charge in [0, 0.05) is 30.7 Å². The van der Waals surface area contributed by atoms with Gasteiger partial charge in [-0.1, -0.05) is 12.1 Å². The first-order valence-electron chi connectivity index (χ1n) is 9.15.